The maximum absolute atomic E-state index is 9.93. The predicted octanol–water partition coefficient (Wildman–Crippen LogP) is 3.55. The predicted molar refractivity (Wildman–Crippen MR) is 69.9 cm³/mol. The number of nitrogens with one attached hydrogen (secondary N) is 1. The normalized spacial score (nSPS) is 10.3. The zero-order valence-corrected chi connectivity index (χ0v) is 11.1. The van der Waals surface area contributed by atoms with Crippen LogP contribution in [0.25, 0.3) is 0 Å². The molecule has 1 unspecified atom stereocenters. The Labute approximate surface area is 95.5 Å². The molecule has 2 nitrogen and oxygen atoms in total. The van der Waals surface area contributed by atoms with Crippen molar-refractivity contribution in [1.82, 2.24) is 5.32 Å². The molecule has 0 aromatic heterocycles. The maximum atomic E-state index is 9.93. The fraction of sp³-hybridized carbons (Fsp3) is 0.615. The summed E-state index contributed by atoms with van der Waals surface area (Å²) in [6.45, 7) is 16.5. The monoisotopic (exact) mass is 213 g/mol. The molecule has 0 rings (SSSR count). The van der Waals surface area contributed by atoms with Gasteiger partial charge in [0, 0.05) is 6.54 Å². The quantitative estimate of drug-likeness (QED) is 0.549. The van der Waals surface area contributed by atoms with Crippen molar-refractivity contribution in [3.8, 4) is 0 Å². The molecule has 0 bridgehead atoms. The van der Waals surface area contributed by atoms with E-state index in [1.165, 1.54) is 0 Å². The summed E-state index contributed by atoms with van der Waals surface area (Å²) in [6, 6.07) is 0. The Bertz CT molecular complexity index is 162. The molecule has 0 saturated heterocycles. The van der Waals surface area contributed by atoms with Gasteiger partial charge in [-0.1, -0.05) is 58.9 Å². The van der Waals surface area contributed by atoms with Crippen molar-refractivity contribution >= 4 is 6.41 Å². The average Bonchev–Trinajstić information content (AvgIpc) is 2.31. The van der Waals surface area contributed by atoms with Crippen molar-refractivity contribution in [3.63, 3.8) is 0 Å². The van der Waals surface area contributed by atoms with E-state index in [4.69, 9.17) is 0 Å². The number of carbonyl (C=O) groups is 1. The number of amides is 1. The van der Waals surface area contributed by atoms with Crippen molar-refractivity contribution in [2.45, 2.75) is 41.5 Å². The molecule has 0 aromatic rings. The van der Waals surface area contributed by atoms with E-state index in [1.807, 2.05) is 53.7 Å². The molecular formula is C13H27NO. The van der Waals surface area contributed by atoms with Crippen LogP contribution >= 0.6 is 0 Å². The van der Waals surface area contributed by atoms with Gasteiger partial charge in [-0.3, -0.25) is 4.79 Å². The van der Waals surface area contributed by atoms with Gasteiger partial charge in [-0.15, -0.1) is 0 Å². The Morgan fingerprint density at radius 3 is 2.13 bits per heavy atom. The summed E-state index contributed by atoms with van der Waals surface area (Å²) in [6.07, 6.45) is 4.61. The molecule has 15 heavy (non-hydrogen) atoms. The van der Waals surface area contributed by atoms with Gasteiger partial charge in [-0.25, -0.2) is 0 Å². The molecule has 2 heteroatoms. The number of hydrogen-bond donors (Lipinski definition) is 1. The van der Waals surface area contributed by atoms with Crippen LogP contribution in [0.4, 0.5) is 0 Å². The summed E-state index contributed by atoms with van der Waals surface area (Å²) in [5.41, 5.74) is 1.04. The van der Waals surface area contributed by atoms with Crippen LogP contribution in [0, 0.1) is 5.92 Å². The minimum Gasteiger partial charge on any atom is -0.358 e. The molecular weight excluding hydrogens is 186 g/mol. The van der Waals surface area contributed by atoms with Crippen LogP contribution in [-0.4, -0.2) is 13.0 Å². The minimum atomic E-state index is 0.316. The van der Waals surface area contributed by atoms with Crippen LogP contribution in [0.5, 0.6) is 0 Å². The van der Waals surface area contributed by atoms with Crippen LogP contribution in [-0.2, 0) is 4.79 Å². The van der Waals surface area contributed by atoms with Crippen LogP contribution in [0.2, 0.25) is 0 Å². The summed E-state index contributed by atoms with van der Waals surface area (Å²) >= 11 is 0. The van der Waals surface area contributed by atoms with E-state index >= 15 is 0 Å². The van der Waals surface area contributed by atoms with Crippen LogP contribution in [0.15, 0.2) is 24.3 Å². The smallest absolute Gasteiger partial charge is 0.207 e. The highest BCUT2D eigenvalue weighted by Gasteiger charge is 2.01. The van der Waals surface area contributed by atoms with E-state index in [9.17, 15) is 4.79 Å². The molecule has 0 aliphatic heterocycles. The van der Waals surface area contributed by atoms with Gasteiger partial charge in [0.15, 0.2) is 0 Å². The molecule has 0 heterocycles. The van der Waals surface area contributed by atoms with Crippen molar-refractivity contribution in [1.29, 1.82) is 0 Å². The lowest BCUT2D eigenvalue weighted by molar-refractivity contribution is -0.109. The summed E-state index contributed by atoms with van der Waals surface area (Å²) in [5.74, 6) is 0.316. The minimum absolute atomic E-state index is 0.316. The fourth-order valence-electron chi connectivity index (χ4n) is 0.734. The van der Waals surface area contributed by atoms with Gasteiger partial charge in [0.25, 0.3) is 0 Å². The highest BCUT2D eigenvalue weighted by Crippen LogP contribution is 2.07. The lowest BCUT2D eigenvalue weighted by Gasteiger charge is -2.09. The molecule has 0 aromatic carbocycles. The lowest BCUT2D eigenvalue weighted by atomic mass is 10.0. The van der Waals surface area contributed by atoms with E-state index in [0.29, 0.717) is 18.9 Å². The topological polar surface area (TPSA) is 29.1 Å². The zero-order valence-electron chi connectivity index (χ0n) is 11.1. The van der Waals surface area contributed by atoms with E-state index in [1.54, 1.807) is 0 Å². The Balaban J connectivity index is -0.000000318. The third kappa shape index (κ3) is 15.7. The Morgan fingerprint density at radius 2 is 1.80 bits per heavy atom. The van der Waals surface area contributed by atoms with Gasteiger partial charge >= 0.3 is 0 Å². The first kappa shape index (κ1) is 19.5. The fourth-order valence-corrected chi connectivity index (χ4v) is 0.734. The zero-order chi connectivity index (χ0) is 12.7. The summed E-state index contributed by atoms with van der Waals surface area (Å²) in [7, 11) is 0. The van der Waals surface area contributed by atoms with E-state index < -0.39 is 0 Å². The summed E-state index contributed by atoms with van der Waals surface area (Å²) in [4.78, 5) is 9.93. The second-order valence-electron chi connectivity index (χ2n) is 2.50. The Morgan fingerprint density at radius 1 is 1.33 bits per heavy atom. The first-order valence-corrected chi connectivity index (χ1v) is 5.71. The van der Waals surface area contributed by atoms with Crippen molar-refractivity contribution in [2.24, 2.45) is 5.92 Å². The van der Waals surface area contributed by atoms with E-state index in [0.717, 1.165) is 5.57 Å². The molecule has 0 radical (unpaired) electrons. The highest BCUT2D eigenvalue weighted by atomic mass is 16.1. The maximum Gasteiger partial charge on any atom is 0.207 e. The van der Waals surface area contributed by atoms with E-state index in [-0.39, 0.29) is 0 Å². The van der Waals surface area contributed by atoms with Gasteiger partial charge in [0.2, 0.25) is 6.41 Å². The SMILES string of the molecule is C=C(/C=C\C)C(C)CNC=O.CC.CC. The molecule has 1 atom stereocenters. The van der Waals surface area contributed by atoms with Gasteiger partial charge in [-0.2, -0.15) is 0 Å². The molecule has 1 N–H and O–H groups in total. The van der Waals surface area contributed by atoms with Crippen molar-refractivity contribution in [3.05, 3.63) is 24.3 Å². The third-order valence-electron chi connectivity index (χ3n) is 1.52. The molecule has 0 aliphatic rings. The highest BCUT2D eigenvalue weighted by molar-refractivity contribution is 5.46. The largest absolute Gasteiger partial charge is 0.358 e. The molecule has 0 fully saturated rings. The van der Waals surface area contributed by atoms with E-state index in [2.05, 4.69) is 11.9 Å². The summed E-state index contributed by atoms with van der Waals surface area (Å²) < 4.78 is 0. The van der Waals surface area contributed by atoms with Crippen molar-refractivity contribution < 1.29 is 4.79 Å². The second kappa shape index (κ2) is 18.7. The first-order chi connectivity index (χ1) is 7.22. The van der Waals surface area contributed by atoms with Crippen LogP contribution < -0.4 is 5.32 Å². The Hall–Kier alpha value is -1.05. The number of hydrogen-bond acceptors (Lipinski definition) is 1. The number of rotatable bonds is 5. The molecule has 0 spiro atoms. The average molecular weight is 213 g/mol. The first-order valence-electron chi connectivity index (χ1n) is 5.71. The van der Waals surface area contributed by atoms with Gasteiger partial charge in [0.05, 0.1) is 0 Å². The van der Waals surface area contributed by atoms with Crippen LogP contribution in [0.3, 0.4) is 0 Å². The Kier molecular flexibility index (Phi) is 24.3. The third-order valence-corrected chi connectivity index (χ3v) is 1.52. The lowest BCUT2D eigenvalue weighted by Crippen LogP contribution is -2.19. The molecule has 0 aliphatic carbocycles. The summed E-state index contributed by atoms with van der Waals surface area (Å²) in [5, 5.41) is 2.61. The van der Waals surface area contributed by atoms with Gasteiger partial charge < -0.3 is 5.32 Å². The second-order valence-corrected chi connectivity index (χ2v) is 2.50. The van der Waals surface area contributed by atoms with Gasteiger partial charge in [-0.05, 0) is 12.8 Å². The molecule has 1 amide bonds. The van der Waals surface area contributed by atoms with Crippen molar-refractivity contribution in [2.75, 3.05) is 6.54 Å². The van der Waals surface area contributed by atoms with Crippen LogP contribution in [0.1, 0.15) is 41.5 Å². The number of allylic oxidation sites excluding steroid dienone is 2. The van der Waals surface area contributed by atoms with Gasteiger partial charge in [0.1, 0.15) is 0 Å². The molecule has 0 saturated carbocycles. The molecule has 90 valence electrons. The standard InChI is InChI=1S/C9H15NO.2C2H6/c1-4-5-8(2)9(3)6-10-7-11;2*1-2/h4-5,7,9H,2,6H2,1,3H3,(H,10,11);2*1-2H3/b5-4-;;. The number of carbonyl (C=O) groups excluding carboxylic acids is 1.